The van der Waals surface area contributed by atoms with Gasteiger partial charge in [0.15, 0.2) is 6.10 Å². The number of alkyl halides is 3. The van der Waals surface area contributed by atoms with E-state index in [1.165, 1.54) is 6.92 Å². The Morgan fingerprint density at radius 2 is 1.22 bits per heavy atom. The van der Waals surface area contributed by atoms with Crippen LogP contribution in [-0.4, -0.2) is 58.8 Å². The summed E-state index contributed by atoms with van der Waals surface area (Å²) in [6.45, 7) is 1.97. The average Bonchev–Trinajstić information content (AvgIpc) is 3.04. The molecule has 3 aromatic rings. The molecule has 0 bridgehead atoms. The van der Waals surface area contributed by atoms with E-state index in [1.807, 2.05) is 91.0 Å². The van der Waals surface area contributed by atoms with E-state index in [9.17, 15) is 9.59 Å². The van der Waals surface area contributed by atoms with Crippen molar-refractivity contribution >= 4 is 52.5 Å². The van der Waals surface area contributed by atoms with Gasteiger partial charge in [0.25, 0.3) is 3.79 Å². The second kappa shape index (κ2) is 17.8. The van der Waals surface area contributed by atoms with Gasteiger partial charge in [-0.05, 0) is 23.6 Å². The summed E-state index contributed by atoms with van der Waals surface area (Å²) in [5.41, 5.74) is 2.68. The zero-order valence-electron chi connectivity index (χ0n) is 25.2. The van der Waals surface area contributed by atoms with E-state index in [1.54, 1.807) is 0 Å². The molecule has 12 heteroatoms. The molecule has 3 aromatic carbocycles. The number of halogens is 3. The minimum absolute atomic E-state index is 0.0194. The third-order valence-electron chi connectivity index (χ3n) is 7.00. The van der Waals surface area contributed by atoms with Crippen LogP contribution in [-0.2, 0) is 57.8 Å². The Balaban J connectivity index is 1.67. The van der Waals surface area contributed by atoms with Gasteiger partial charge >= 0.3 is 5.97 Å². The predicted octanol–water partition coefficient (Wildman–Crippen LogP) is 6.74. The first-order chi connectivity index (χ1) is 22.1. The van der Waals surface area contributed by atoms with Gasteiger partial charge in [0.1, 0.15) is 24.1 Å². The Kier molecular flexibility index (Phi) is 13.8. The maximum Gasteiger partial charge on any atom is 0.306 e. The minimum atomic E-state index is -2.23. The summed E-state index contributed by atoms with van der Waals surface area (Å²) in [7, 11) is 0. The smallest absolute Gasteiger partial charge is 0.306 e. The molecule has 0 aromatic heterocycles. The fraction of sp³-hybridized carbons (Fsp3) is 0.382. The lowest BCUT2D eigenvalue weighted by molar-refractivity contribution is -0.306. The third-order valence-corrected chi connectivity index (χ3v) is 7.51. The third kappa shape index (κ3) is 11.3. The Morgan fingerprint density at radius 3 is 1.72 bits per heavy atom. The number of rotatable bonds is 15. The van der Waals surface area contributed by atoms with Gasteiger partial charge in [0, 0.05) is 6.42 Å². The lowest BCUT2D eigenvalue weighted by Crippen LogP contribution is -2.62. The van der Waals surface area contributed by atoms with Crippen molar-refractivity contribution in [2.45, 2.75) is 74.1 Å². The van der Waals surface area contributed by atoms with Crippen molar-refractivity contribution in [3.05, 3.63) is 108 Å². The Hall–Kier alpha value is -3.02. The highest BCUT2D eigenvalue weighted by Crippen LogP contribution is 2.34. The summed E-state index contributed by atoms with van der Waals surface area (Å²) < 4.78 is 34.6. The van der Waals surface area contributed by atoms with Crippen LogP contribution in [0.1, 0.15) is 36.5 Å². The van der Waals surface area contributed by atoms with E-state index < -0.39 is 46.4 Å². The van der Waals surface area contributed by atoms with Crippen LogP contribution >= 0.6 is 34.8 Å². The van der Waals surface area contributed by atoms with E-state index in [4.69, 9.17) is 68.6 Å². The Morgan fingerprint density at radius 1 is 0.717 bits per heavy atom. The number of benzene rings is 3. The molecule has 1 aliphatic rings. The number of carbonyl (C=O) groups is 2. The minimum Gasteiger partial charge on any atom is -0.453 e. The van der Waals surface area contributed by atoms with Crippen LogP contribution in [0.2, 0.25) is 0 Å². The number of hydrogen-bond acceptors (Lipinski definition) is 9. The van der Waals surface area contributed by atoms with Crippen molar-refractivity contribution in [1.82, 2.24) is 0 Å². The van der Waals surface area contributed by atoms with E-state index >= 15 is 0 Å². The molecule has 1 N–H and O–H groups in total. The number of ether oxygens (including phenoxy) is 6. The number of Topliss-reactive ketones (excluding diaryl/α,β-unsaturated/α-hetero) is 1. The largest absolute Gasteiger partial charge is 0.453 e. The molecule has 0 unspecified atom stereocenters. The van der Waals surface area contributed by atoms with Crippen LogP contribution < -0.4 is 0 Å². The monoisotopic (exact) mass is 691 g/mol. The molecular formula is C34H36Cl3NO8. The topological polar surface area (TPSA) is 113 Å². The molecule has 246 valence electrons. The molecular weight excluding hydrogens is 657 g/mol. The first kappa shape index (κ1) is 35.8. The second-order valence-electron chi connectivity index (χ2n) is 10.7. The first-order valence-electron chi connectivity index (χ1n) is 14.7. The lowest BCUT2D eigenvalue weighted by Gasteiger charge is -2.45. The van der Waals surface area contributed by atoms with E-state index in [0.29, 0.717) is 0 Å². The van der Waals surface area contributed by atoms with Crippen molar-refractivity contribution in [3.8, 4) is 0 Å². The van der Waals surface area contributed by atoms with Gasteiger partial charge in [-0.1, -0.05) is 126 Å². The molecule has 4 rings (SSSR count). The number of hydrogen-bond donors (Lipinski definition) is 1. The van der Waals surface area contributed by atoms with Crippen LogP contribution in [0.25, 0.3) is 0 Å². The fourth-order valence-corrected chi connectivity index (χ4v) is 4.83. The lowest BCUT2D eigenvalue weighted by atomic mass is 9.97. The van der Waals surface area contributed by atoms with Crippen molar-refractivity contribution in [2.24, 2.45) is 0 Å². The molecule has 0 amide bonds. The van der Waals surface area contributed by atoms with Crippen molar-refractivity contribution in [1.29, 1.82) is 5.41 Å². The molecule has 46 heavy (non-hydrogen) atoms. The summed E-state index contributed by atoms with van der Waals surface area (Å²) in [6.07, 6.45) is -5.65. The van der Waals surface area contributed by atoms with Crippen LogP contribution in [0.4, 0.5) is 0 Å². The Bertz CT molecular complexity index is 1390. The van der Waals surface area contributed by atoms with Crippen LogP contribution in [0.3, 0.4) is 0 Å². The number of ketones is 1. The van der Waals surface area contributed by atoms with Gasteiger partial charge in [0.2, 0.25) is 12.2 Å². The summed E-state index contributed by atoms with van der Waals surface area (Å²) in [4.78, 5) is 24.6. The average molecular weight is 693 g/mol. The van der Waals surface area contributed by atoms with Crippen molar-refractivity contribution in [3.63, 3.8) is 0 Å². The SMILES string of the molecule is CC(=O)CCC(=O)O[C@H]1[C@H](OC(=N)C(Cl)(Cl)Cl)O[C@H](COCc2ccccc2)[C@H](OCc2ccccc2)[C@@H]1OCc1ccccc1. The predicted molar refractivity (Wildman–Crippen MR) is 174 cm³/mol. The molecule has 1 aliphatic heterocycles. The summed E-state index contributed by atoms with van der Waals surface area (Å²) in [5.74, 6) is -1.63. The molecule has 0 aliphatic carbocycles. The highest BCUT2D eigenvalue weighted by molar-refractivity contribution is 6.76. The van der Waals surface area contributed by atoms with Gasteiger partial charge in [-0.25, -0.2) is 0 Å². The maximum atomic E-state index is 13.0. The number of esters is 1. The zero-order chi connectivity index (χ0) is 32.9. The summed E-state index contributed by atoms with van der Waals surface area (Å²) in [6, 6.07) is 28.5. The normalized spacial score (nSPS) is 21.3. The van der Waals surface area contributed by atoms with E-state index in [-0.39, 0.29) is 45.1 Å². The van der Waals surface area contributed by atoms with E-state index in [2.05, 4.69) is 0 Å². The van der Waals surface area contributed by atoms with Crippen molar-refractivity contribution < 1.29 is 38.0 Å². The van der Waals surface area contributed by atoms with Gasteiger partial charge in [-0.15, -0.1) is 0 Å². The van der Waals surface area contributed by atoms with Gasteiger partial charge < -0.3 is 33.2 Å². The first-order valence-corrected chi connectivity index (χ1v) is 15.8. The molecule has 0 radical (unpaired) electrons. The van der Waals surface area contributed by atoms with E-state index in [0.717, 1.165) is 16.7 Å². The standard InChI is InChI=1S/C34H36Cl3NO8/c1-23(39)17-18-28(40)45-31-30(43-21-26-15-9-4-10-16-26)29(42-20-25-13-7-3-8-14-25)27(22-41-19-24-11-5-2-6-12-24)44-32(31)46-33(38)34(35,36)37/h2-16,27,29-32,38H,17-22H2,1H3/t27-,29+,30+,31-,32+/m1/s1. The van der Waals surface area contributed by atoms with Crippen LogP contribution in [0.5, 0.6) is 0 Å². The quantitative estimate of drug-likeness (QED) is 0.0807. The Labute approximate surface area is 283 Å². The summed E-state index contributed by atoms with van der Waals surface area (Å²) in [5, 5.41) is 8.26. The number of nitrogens with one attached hydrogen (secondary N) is 1. The molecule has 0 saturated carbocycles. The van der Waals surface area contributed by atoms with Crippen molar-refractivity contribution in [2.75, 3.05) is 6.61 Å². The number of carbonyl (C=O) groups excluding carboxylic acids is 2. The second-order valence-corrected chi connectivity index (χ2v) is 12.9. The van der Waals surface area contributed by atoms with Gasteiger partial charge in [-0.3, -0.25) is 10.2 Å². The molecule has 5 atom stereocenters. The maximum absolute atomic E-state index is 13.0. The highest BCUT2D eigenvalue weighted by atomic mass is 35.6. The van der Waals surface area contributed by atoms with Gasteiger partial charge in [0.05, 0.1) is 32.8 Å². The van der Waals surface area contributed by atoms with Gasteiger partial charge in [-0.2, -0.15) is 0 Å². The summed E-state index contributed by atoms with van der Waals surface area (Å²) >= 11 is 17.9. The highest BCUT2D eigenvalue weighted by Gasteiger charge is 2.52. The molecule has 0 spiro atoms. The van der Waals surface area contributed by atoms with Crippen LogP contribution in [0.15, 0.2) is 91.0 Å². The zero-order valence-corrected chi connectivity index (χ0v) is 27.5. The molecule has 1 fully saturated rings. The molecule has 1 heterocycles. The molecule has 1 saturated heterocycles. The van der Waals surface area contributed by atoms with Crippen LogP contribution in [0, 0.1) is 5.41 Å². The molecule has 9 nitrogen and oxygen atoms in total. The fourth-order valence-electron chi connectivity index (χ4n) is 4.70.